The molecule has 5 heteroatoms. The lowest BCUT2D eigenvalue weighted by molar-refractivity contribution is -0.132. The molecule has 0 aromatic carbocycles. The van der Waals surface area contributed by atoms with Crippen LogP contribution in [-0.4, -0.2) is 39.9 Å². The molecule has 17 heavy (non-hydrogen) atoms. The molecule has 0 unspecified atom stereocenters. The fourth-order valence-corrected chi connectivity index (χ4v) is 2.61. The third-order valence-electron chi connectivity index (χ3n) is 2.70. The van der Waals surface area contributed by atoms with Gasteiger partial charge >= 0.3 is 0 Å². The maximum absolute atomic E-state index is 12.1. The smallest absolute Gasteiger partial charge is 0.241 e. The largest absolute Gasteiger partial charge is 0.325 e. The van der Waals surface area contributed by atoms with Crippen molar-refractivity contribution in [1.29, 1.82) is 5.26 Å². The van der Waals surface area contributed by atoms with Crippen molar-refractivity contribution in [3.05, 3.63) is 0 Å². The summed E-state index contributed by atoms with van der Waals surface area (Å²) < 4.78 is 0.109. The van der Waals surface area contributed by atoms with E-state index >= 15 is 0 Å². The molecule has 96 valence electrons. The van der Waals surface area contributed by atoms with Crippen LogP contribution in [0.5, 0.6) is 0 Å². The summed E-state index contributed by atoms with van der Waals surface area (Å²) in [6.07, 6.45) is 1.68. The van der Waals surface area contributed by atoms with E-state index in [4.69, 9.17) is 11.0 Å². The molecule has 4 nitrogen and oxygen atoms in total. The van der Waals surface area contributed by atoms with Gasteiger partial charge in [0.2, 0.25) is 5.91 Å². The van der Waals surface area contributed by atoms with Crippen molar-refractivity contribution in [2.45, 2.75) is 50.4 Å². The van der Waals surface area contributed by atoms with Crippen LogP contribution in [0, 0.1) is 11.3 Å². The highest BCUT2D eigenvalue weighted by atomic mass is 32.2. The van der Waals surface area contributed by atoms with Gasteiger partial charge in [-0.15, -0.1) is 0 Å². The van der Waals surface area contributed by atoms with E-state index in [9.17, 15) is 4.79 Å². The van der Waals surface area contributed by atoms with E-state index in [1.807, 2.05) is 0 Å². The maximum Gasteiger partial charge on any atom is 0.241 e. The molecule has 0 aromatic rings. The van der Waals surface area contributed by atoms with E-state index in [2.05, 4.69) is 26.8 Å². The molecular weight excluding hydrogens is 234 g/mol. The first-order chi connectivity index (χ1) is 7.85. The van der Waals surface area contributed by atoms with Gasteiger partial charge in [-0.2, -0.15) is 17.0 Å². The fraction of sp³-hybridized carbons (Fsp3) is 0.833. The van der Waals surface area contributed by atoms with Crippen LogP contribution < -0.4 is 5.73 Å². The Kier molecular flexibility index (Phi) is 4.84. The minimum atomic E-state index is -0.492. The summed E-state index contributed by atoms with van der Waals surface area (Å²) >= 11 is 1.68. The van der Waals surface area contributed by atoms with Gasteiger partial charge in [0.05, 0.1) is 12.1 Å². The van der Waals surface area contributed by atoms with Crippen LogP contribution in [-0.2, 0) is 4.79 Å². The summed E-state index contributed by atoms with van der Waals surface area (Å²) in [6.45, 7) is 6.97. The number of likely N-dealkylation sites (tertiary alicyclic amines) is 1. The summed E-state index contributed by atoms with van der Waals surface area (Å²) in [5.41, 5.74) is 5.90. The molecule has 0 bridgehead atoms. The first-order valence-electron chi connectivity index (χ1n) is 5.95. The van der Waals surface area contributed by atoms with Crippen LogP contribution in [0.4, 0.5) is 0 Å². The molecule has 1 aliphatic rings. The highest BCUT2D eigenvalue weighted by Gasteiger charge is 2.31. The first-order valence-corrected chi connectivity index (χ1v) is 6.93. The fourth-order valence-electron chi connectivity index (χ4n) is 1.79. The quantitative estimate of drug-likeness (QED) is 0.826. The molecule has 0 aromatic heterocycles. The van der Waals surface area contributed by atoms with Gasteiger partial charge in [0.25, 0.3) is 0 Å². The van der Waals surface area contributed by atoms with Crippen LogP contribution in [0.1, 0.15) is 33.6 Å². The van der Waals surface area contributed by atoms with Crippen molar-refractivity contribution in [2.24, 2.45) is 5.73 Å². The minimum Gasteiger partial charge on any atom is -0.325 e. The molecule has 0 saturated carbocycles. The molecule has 0 spiro atoms. The number of carbonyl (C=O) groups excluding carboxylic acids is 1. The van der Waals surface area contributed by atoms with Gasteiger partial charge in [-0.25, -0.2) is 0 Å². The monoisotopic (exact) mass is 255 g/mol. The molecule has 2 atom stereocenters. The van der Waals surface area contributed by atoms with Crippen molar-refractivity contribution in [3.8, 4) is 6.07 Å². The van der Waals surface area contributed by atoms with Crippen LogP contribution in [0.25, 0.3) is 0 Å². The summed E-state index contributed by atoms with van der Waals surface area (Å²) in [6, 6.07) is 1.40. The number of nitriles is 1. The van der Waals surface area contributed by atoms with Gasteiger partial charge in [-0.1, -0.05) is 20.8 Å². The molecule has 1 aliphatic heterocycles. The Bertz CT molecular complexity index is 319. The van der Waals surface area contributed by atoms with Crippen molar-refractivity contribution in [3.63, 3.8) is 0 Å². The second-order valence-corrected chi connectivity index (χ2v) is 7.20. The summed E-state index contributed by atoms with van der Waals surface area (Å²) in [5, 5.41) is 8.94. The molecular formula is C12H21N3OS. The number of rotatable bonds is 3. The zero-order valence-electron chi connectivity index (χ0n) is 10.8. The van der Waals surface area contributed by atoms with Gasteiger partial charge in [-0.3, -0.25) is 4.79 Å². The van der Waals surface area contributed by atoms with Crippen molar-refractivity contribution >= 4 is 17.7 Å². The third kappa shape index (κ3) is 4.21. The van der Waals surface area contributed by atoms with E-state index in [-0.39, 0.29) is 16.7 Å². The topological polar surface area (TPSA) is 70.1 Å². The molecule has 2 N–H and O–H groups in total. The average Bonchev–Trinajstić information content (AvgIpc) is 2.71. The van der Waals surface area contributed by atoms with Crippen LogP contribution in [0.3, 0.4) is 0 Å². The lowest BCUT2D eigenvalue weighted by Gasteiger charge is -2.25. The zero-order valence-corrected chi connectivity index (χ0v) is 11.6. The summed E-state index contributed by atoms with van der Waals surface area (Å²) in [4.78, 5) is 13.7. The summed E-state index contributed by atoms with van der Waals surface area (Å²) in [5.74, 6) is 0.530. The Labute approximate surface area is 108 Å². The van der Waals surface area contributed by atoms with Gasteiger partial charge in [0, 0.05) is 17.0 Å². The Balaban J connectivity index is 2.49. The number of carbonyl (C=O) groups is 1. The van der Waals surface area contributed by atoms with Crippen LogP contribution in [0.2, 0.25) is 0 Å². The Morgan fingerprint density at radius 1 is 1.65 bits per heavy atom. The predicted octanol–water partition coefficient (Wildman–Crippen LogP) is 1.36. The zero-order chi connectivity index (χ0) is 13.1. The number of hydrogen-bond donors (Lipinski definition) is 1. The third-order valence-corrected chi connectivity index (χ3v) is 4.09. The molecule has 0 aliphatic carbocycles. The predicted molar refractivity (Wildman–Crippen MR) is 70.5 cm³/mol. The van der Waals surface area contributed by atoms with Crippen LogP contribution >= 0.6 is 11.8 Å². The number of nitrogens with zero attached hydrogens (tertiary/aromatic N) is 2. The molecule has 1 rings (SSSR count). The van der Waals surface area contributed by atoms with Crippen LogP contribution in [0.15, 0.2) is 0 Å². The van der Waals surface area contributed by atoms with Crippen molar-refractivity contribution in [1.82, 2.24) is 4.90 Å². The molecule has 1 fully saturated rings. The molecule has 1 saturated heterocycles. The molecule has 1 heterocycles. The second-order valence-electron chi connectivity index (χ2n) is 5.35. The van der Waals surface area contributed by atoms with E-state index in [1.165, 1.54) is 0 Å². The van der Waals surface area contributed by atoms with Gasteiger partial charge in [0.15, 0.2) is 0 Å². The van der Waals surface area contributed by atoms with E-state index in [0.717, 1.165) is 12.8 Å². The lowest BCUT2D eigenvalue weighted by atomic mass is 10.2. The van der Waals surface area contributed by atoms with Crippen molar-refractivity contribution in [2.75, 3.05) is 12.3 Å². The maximum atomic E-state index is 12.1. The Morgan fingerprint density at radius 2 is 2.29 bits per heavy atom. The number of thioether (sulfide) groups is 1. The molecule has 0 radical (unpaired) electrons. The number of amides is 1. The first kappa shape index (κ1) is 14.3. The normalized spacial score (nSPS) is 22.3. The Hall–Kier alpha value is -0.730. The Morgan fingerprint density at radius 3 is 2.82 bits per heavy atom. The van der Waals surface area contributed by atoms with Gasteiger partial charge in [0.1, 0.15) is 6.04 Å². The standard InChI is InChI=1S/C12H21N3OS/c1-12(2,3)17-8-10(14)11(16)15-6-4-5-9(15)7-13/h9-10H,4-6,8,14H2,1-3H3/t9-,10-/m0/s1. The SMILES string of the molecule is CC(C)(C)SC[C@H](N)C(=O)N1CCC[C@H]1C#N. The second kappa shape index (κ2) is 5.74. The van der Waals surface area contributed by atoms with Crippen molar-refractivity contribution < 1.29 is 4.79 Å². The number of hydrogen-bond acceptors (Lipinski definition) is 4. The highest BCUT2D eigenvalue weighted by molar-refractivity contribution is 8.00. The number of nitrogens with two attached hydrogens (primary N) is 1. The van der Waals surface area contributed by atoms with E-state index in [1.54, 1.807) is 16.7 Å². The van der Waals surface area contributed by atoms with E-state index < -0.39 is 6.04 Å². The highest BCUT2D eigenvalue weighted by Crippen LogP contribution is 2.24. The minimum absolute atomic E-state index is 0.0780. The van der Waals surface area contributed by atoms with E-state index in [0.29, 0.717) is 12.3 Å². The molecule has 1 amide bonds. The van der Waals surface area contributed by atoms with Gasteiger partial charge in [-0.05, 0) is 12.8 Å². The van der Waals surface area contributed by atoms with Gasteiger partial charge < -0.3 is 10.6 Å². The summed E-state index contributed by atoms with van der Waals surface area (Å²) in [7, 11) is 0. The average molecular weight is 255 g/mol. The lowest BCUT2D eigenvalue weighted by Crippen LogP contribution is -2.47.